The lowest BCUT2D eigenvalue weighted by Crippen LogP contribution is -3.19. The summed E-state index contributed by atoms with van der Waals surface area (Å²) in [6, 6.07) is 16.4. The van der Waals surface area contributed by atoms with Crippen LogP contribution in [0.3, 0.4) is 0 Å². The zero-order valence-corrected chi connectivity index (χ0v) is 15.8. The first-order valence-electron chi connectivity index (χ1n) is 9.85. The van der Waals surface area contributed by atoms with Gasteiger partial charge in [0, 0.05) is 6.54 Å². The van der Waals surface area contributed by atoms with Gasteiger partial charge in [0.2, 0.25) is 5.91 Å². The summed E-state index contributed by atoms with van der Waals surface area (Å²) in [6.07, 6.45) is 0.962. The average Bonchev–Trinajstić information content (AvgIpc) is 3.01. The number of quaternary nitrogens is 1. The highest BCUT2D eigenvalue weighted by atomic mass is 19.1. The van der Waals surface area contributed by atoms with E-state index in [2.05, 4.69) is 0 Å². The molecule has 0 aliphatic carbocycles. The number of imide groups is 1. The van der Waals surface area contributed by atoms with Crippen LogP contribution in [0.5, 0.6) is 0 Å². The van der Waals surface area contributed by atoms with Crippen molar-refractivity contribution >= 4 is 17.5 Å². The van der Waals surface area contributed by atoms with Crippen LogP contribution in [0.4, 0.5) is 10.1 Å². The Bertz CT molecular complexity index is 850. The molecule has 28 heavy (non-hydrogen) atoms. The first kappa shape index (κ1) is 18.6. The van der Waals surface area contributed by atoms with Crippen molar-refractivity contribution in [3.8, 4) is 0 Å². The second-order valence-corrected chi connectivity index (χ2v) is 7.47. The fourth-order valence-corrected chi connectivity index (χ4v) is 4.21. The number of hydrogen-bond donors (Lipinski definition) is 1. The van der Waals surface area contributed by atoms with Crippen LogP contribution < -0.4 is 9.80 Å². The molecular formula is C22H25FN3O2+. The molecule has 0 aromatic heterocycles. The van der Waals surface area contributed by atoms with Gasteiger partial charge < -0.3 is 9.80 Å². The molecule has 2 amide bonds. The summed E-state index contributed by atoms with van der Waals surface area (Å²) in [4.78, 5) is 29.9. The van der Waals surface area contributed by atoms with E-state index < -0.39 is 0 Å². The van der Waals surface area contributed by atoms with Gasteiger partial charge >= 0.3 is 0 Å². The molecule has 2 heterocycles. The van der Waals surface area contributed by atoms with E-state index in [1.807, 2.05) is 41.3 Å². The number of halogens is 1. The maximum Gasteiger partial charge on any atom is 0.288 e. The van der Waals surface area contributed by atoms with E-state index in [1.54, 1.807) is 12.1 Å². The van der Waals surface area contributed by atoms with Crippen LogP contribution in [-0.4, -0.2) is 55.5 Å². The van der Waals surface area contributed by atoms with Crippen LogP contribution >= 0.6 is 0 Å². The lowest BCUT2D eigenvalue weighted by atomic mass is 10.1. The number of carbonyl (C=O) groups excluding carboxylic acids is 2. The number of nitrogens with zero attached hydrogens (tertiary/aromatic N) is 2. The van der Waals surface area contributed by atoms with Crippen molar-refractivity contribution < 1.29 is 18.9 Å². The minimum atomic E-state index is -0.300. The molecule has 5 nitrogen and oxygen atoms in total. The van der Waals surface area contributed by atoms with Crippen LogP contribution in [0, 0.1) is 5.82 Å². The van der Waals surface area contributed by atoms with Crippen molar-refractivity contribution in [3.63, 3.8) is 0 Å². The quantitative estimate of drug-likeness (QED) is 0.782. The fraction of sp³-hybridized carbons (Fsp3) is 0.364. The number of amides is 2. The van der Waals surface area contributed by atoms with Gasteiger partial charge in [-0.15, -0.1) is 0 Å². The minimum absolute atomic E-state index is 0.0599. The second kappa shape index (κ2) is 8.10. The predicted octanol–water partition coefficient (Wildman–Crippen LogP) is 0.901. The third-order valence-electron chi connectivity index (χ3n) is 5.80. The summed E-state index contributed by atoms with van der Waals surface area (Å²) in [5.74, 6) is -0.351. The van der Waals surface area contributed by atoms with Crippen molar-refractivity contribution in [2.24, 2.45) is 0 Å². The number of carbonyl (C=O) groups is 2. The van der Waals surface area contributed by atoms with Gasteiger partial charge in [-0.05, 0) is 24.1 Å². The molecule has 0 spiro atoms. The van der Waals surface area contributed by atoms with Crippen LogP contribution in [0.15, 0.2) is 54.6 Å². The van der Waals surface area contributed by atoms with Gasteiger partial charge in [-0.1, -0.05) is 42.5 Å². The smallest absolute Gasteiger partial charge is 0.288 e. The van der Waals surface area contributed by atoms with E-state index in [9.17, 15) is 14.0 Å². The molecule has 2 fully saturated rings. The predicted molar refractivity (Wildman–Crippen MR) is 105 cm³/mol. The van der Waals surface area contributed by atoms with Crippen LogP contribution in [0.25, 0.3) is 0 Å². The molecule has 6 heteroatoms. The zero-order chi connectivity index (χ0) is 19.5. The molecule has 2 saturated heterocycles. The third-order valence-corrected chi connectivity index (χ3v) is 5.80. The Hall–Kier alpha value is -2.73. The summed E-state index contributed by atoms with van der Waals surface area (Å²) in [7, 11) is 0. The van der Waals surface area contributed by atoms with Crippen molar-refractivity contribution in [3.05, 3.63) is 66.0 Å². The Kier molecular flexibility index (Phi) is 5.39. The van der Waals surface area contributed by atoms with Crippen molar-refractivity contribution in [1.82, 2.24) is 4.90 Å². The molecule has 2 aliphatic heterocycles. The highest BCUT2D eigenvalue weighted by Crippen LogP contribution is 2.19. The number of benzene rings is 2. The molecule has 0 bridgehead atoms. The van der Waals surface area contributed by atoms with Crippen molar-refractivity contribution in [2.45, 2.75) is 18.9 Å². The Morgan fingerprint density at radius 1 is 0.964 bits per heavy atom. The lowest BCUT2D eigenvalue weighted by molar-refractivity contribution is -0.915. The van der Waals surface area contributed by atoms with E-state index in [0.29, 0.717) is 31.7 Å². The largest absolute Gasteiger partial charge is 0.358 e. The summed E-state index contributed by atoms with van der Waals surface area (Å²) in [5, 5.41) is 0. The number of rotatable bonds is 5. The topological polar surface area (TPSA) is 45.1 Å². The highest BCUT2D eigenvalue weighted by Gasteiger charge is 2.45. The Morgan fingerprint density at radius 2 is 1.64 bits per heavy atom. The fourth-order valence-electron chi connectivity index (χ4n) is 4.21. The van der Waals surface area contributed by atoms with Gasteiger partial charge in [0.15, 0.2) is 6.04 Å². The first-order valence-corrected chi connectivity index (χ1v) is 9.85. The monoisotopic (exact) mass is 382 g/mol. The summed E-state index contributed by atoms with van der Waals surface area (Å²) < 4.78 is 14.0. The van der Waals surface area contributed by atoms with E-state index >= 15 is 0 Å². The van der Waals surface area contributed by atoms with Crippen LogP contribution in [0.2, 0.25) is 0 Å². The Morgan fingerprint density at radius 3 is 2.36 bits per heavy atom. The molecule has 4 rings (SSSR count). The van der Waals surface area contributed by atoms with Gasteiger partial charge in [0.05, 0.1) is 38.3 Å². The van der Waals surface area contributed by atoms with E-state index in [0.717, 1.165) is 23.6 Å². The molecule has 2 aliphatic rings. The van der Waals surface area contributed by atoms with Gasteiger partial charge in [0.1, 0.15) is 5.82 Å². The van der Waals surface area contributed by atoms with Crippen LogP contribution in [-0.2, 0) is 16.0 Å². The summed E-state index contributed by atoms with van der Waals surface area (Å²) in [5.41, 5.74) is 1.73. The number of likely N-dealkylation sites (tertiary alicyclic amines) is 1. The number of para-hydroxylation sites is 1. The SMILES string of the molecule is O=C1C[C@@H]([NH+]2CCN(c3ccccc3F)CC2)C(=O)N1CCc1ccccc1. The van der Waals surface area contributed by atoms with E-state index in [-0.39, 0.29) is 30.1 Å². The molecule has 0 unspecified atom stereocenters. The van der Waals surface area contributed by atoms with Gasteiger partial charge in [-0.3, -0.25) is 14.5 Å². The number of nitrogens with one attached hydrogen (secondary N) is 1. The van der Waals surface area contributed by atoms with Gasteiger partial charge in [-0.2, -0.15) is 0 Å². The lowest BCUT2D eigenvalue weighted by Gasteiger charge is -2.35. The Balaban J connectivity index is 1.35. The second-order valence-electron chi connectivity index (χ2n) is 7.47. The van der Waals surface area contributed by atoms with E-state index in [1.165, 1.54) is 11.0 Å². The molecular weight excluding hydrogens is 357 g/mol. The first-order chi connectivity index (χ1) is 13.6. The maximum atomic E-state index is 14.0. The molecule has 1 N–H and O–H groups in total. The number of hydrogen-bond acceptors (Lipinski definition) is 3. The molecule has 1 atom stereocenters. The minimum Gasteiger partial charge on any atom is -0.358 e. The third kappa shape index (κ3) is 3.78. The standard InChI is InChI=1S/C22H24FN3O2/c23-18-8-4-5-9-19(18)24-12-14-25(15-13-24)20-16-21(27)26(22(20)28)11-10-17-6-2-1-3-7-17/h1-9,20H,10-16H2/p+1/t20-/m1/s1. The normalized spacial score (nSPS) is 20.8. The van der Waals surface area contributed by atoms with Gasteiger partial charge in [0.25, 0.3) is 5.91 Å². The highest BCUT2D eigenvalue weighted by molar-refractivity contribution is 6.04. The molecule has 2 aromatic carbocycles. The number of piperazine rings is 1. The van der Waals surface area contributed by atoms with Crippen LogP contribution in [0.1, 0.15) is 12.0 Å². The molecule has 146 valence electrons. The zero-order valence-electron chi connectivity index (χ0n) is 15.8. The molecule has 0 saturated carbocycles. The summed E-state index contributed by atoms with van der Waals surface area (Å²) in [6.45, 7) is 3.25. The Labute approximate surface area is 164 Å². The molecule has 2 aromatic rings. The average molecular weight is 382 g/mol. The number of anilines is 1. The molecule has 0 radical (unpaired) electrons. The van der Waals surface area contributed by atoms with Gasteiger partial charge in [-0.25, -0.2) is 4.39 Å². The van der Waals surface area contributed by atoms with E-state index in [4.69, 9.17) is 0 Å². The summed E-state index contributed by atoms with van der Waals surface area (Å²) >= 11 is 0. The van der Waals surface area contributed by atoms with Crippen molar-refractivity contribution in [2.75, 3.05) is 37.6 Å². The maximum absolute atomic E-state index is 14.0. The van der Waals surface area contributed by atoms with Crippen molar-refractivity contribution in [1.29, 1.82) is 0 Å².